The lowest BCUT2D eigenvalue weighted by atomic mass is 10.1. The topological polar surface area (TPSA) is 65.0 Å². The number of unbranched alkanes of at least 4 members (excludes halogenated alkanes) is 2. The van der Waals surface area contributed by atoms with Crippen LogP contribution in [0.25, 0.3) is 0 Å². The van der Waals surface area contributed by atoms with E-state index in [1.54, 1.807) is 6.92 Å². The van der Waals surface area contributed by atoms with Gasteiger partial charge in [0, 0.05) is 19.5 Å². The van der Waals surface area contributed by atoms with Crippen molar-refractivity contribution in [3.05, 3.63) is 0 Å². The summed E-state index contributed by atoms with van der Waals surface area (Å²) in [6.45, 7) is 9.51. The minimum atomic E-state index is -0.0275. The van der Waals surface area contributed by atoms with Gasteiger partial charge >= 0.3 is 0 Å². The molecule has 0 bridgehead atoms. The number of rotatable bonds is 17. The van der Waals surface area contributed by atoms with E-state index in [2.05, 4.69) is 14.7 Å². The lowest BCUT2D eigenvalue weighted by molar-refractivity contribution is -0.120. The van der Waals surface area contributed by atoms with Crippen LogP contribution in [0.4, 0.5) is 0 Å². The summed E-state index contributed by atoms with van der Waals surface area (Å²) < 4.78 is 3.92. The molecule has 0 spiro atoms. The van der Waals surface area contributed by atoms with E-state index in [-0.39, 0.29) is 17.6 Å². The highest BCUT2D eigenvalue weighted by Gasteiger charge is 2.12. The second-order valence-electron chi connectivity index (χ2n) is 6.59. The van der Waals surface area contributed by atoms with Gasteiger partial charge in [-0.2, -0.15) is 0 Å². The summed E-state index contributed by atoms with van der Waals surface area (Å²) in [6, 6.07) is -0.0275. The minimum Gasteiger partial charge on any atom is -0.308 e. The van der Waals surface area contributed by atoms with Crippen LogP contribution in [0.2, 0.25) is 0 Å². The van der Waals surface area contributed by atoms with Crippen molar-refractivity contribution in [1.82, 2.24) is 15.2 Å². The van der Waals surface area contributed by atoms with E-state index in [1.807, 2.05) is 25.9 Å². The normalized spacial score (nSPS) is 12.2. The first kappa shape index (κ1) is 24.1. The highest BCUT2D eigenvalue weighted by Crippen LogP contribution is 2.06. The van der Waals surface area contributed by atoms with Crippen molar-refractivity contribution in [3.8, 4) is 0 Å². The van der Waals surface area contributed by atoms with Gasteiger partial charge in [-0.05, 0) is 59.2 Å². The lowest BCUT2D eigenvalue weighted by Crippen LogP contribution is -2.35. The number of nitrogens with one attached hydrogen (secondary N) is 1. The van der Waals surface area contributed by atoms with Gasteiger partial charge in [0.15, 0.2) is 0 Å². The Bertz CT molecular complexity index is 393. The Labute approximate surface area is 158 Å². The smallest absolute Gasteiger partial charge is 0.146 e. The van der Waals surface area contributed by atoms with E-state index in [0.29, 0.717) is 13.0 Å². The van der Waals surface area contributed by atoms with Gasteiger partial charge < -0.3 is 5.32 Å². The van der Waals surface area contributed by atoms with Gasteiger partial charge in [-0.3, -0.25) is 19.5 Å². The molecule has 0 heterocycles. The van der Waals surface area contributed by atoms with Crippen LogP contribution in [0.15, 0.2) is 4.47 Å². The summed E-state index contributed by atoms with van der Waals surface area (Å²) in [6.07, 6.45) is 5.48. The first-order valence-electron chi connectivity index (χ1n) is 9.46. The number of hydrogen-bond donors (Lipinski definition) is 1. The Morgan fingerprint density at radius 3 is 2.20 bits per heavy atom. The molecule has 0 amide bonds. The van der Waals surface area contributed by atoms with Crippen LogP contribution in [0.1, 0.15) is 59.3 Å². The van der Waals surface area contributed by atoms with Gasteiger partial charge in [-0.25, -0.2) is 0 Å². The first-order chi connectivity index (χ1) is 11.9. The fraction of sp³-hybridized carbons (Fsp3) is 0.889. The molecule has 0 aromatic rings. The van der Waals surface area contributed by atoms with E-state index >= 15 is 0 Å². The molecule has 25 heavy (non-hydrogen) atoms. The number of carbonyl (C=O) groups is 2. The van der Waals surface area contributed by atoms with Crippen LogP contribution in [0.3, 0.4) is 0 Å². The molecule has 6 nitrogen and oxygen atoms in total. The summed E-state index contributed by atoms with van der Waals surface area (Å²) in [5, 5.41) is 5.15. The van der Waals surface area contributed by atoms with Crippen LogP contribution in [0.5, 0.6) is 0 Å². The van der Waals surface area contributed by atoms with Crippen molar-refractivity contribution in [2.45, 2.75) is 65.3 Å². The highest BCUT2D eigenvalue weighted by atomic mass is 32.1. The number of likely N-dealkylation sites (N-methyl/N-ethyl adjacent to an activating group) is 2. The molecule has 0 fully saturated rings. The lowest BCUT2D eigenvalue weighted by Gasteiger charge is -2.19. The molecule has 1 N–H and O–H groups in total. The zero-order chi connectivity index (χ0) is 19.1. The predicted octanol–water partition coefficient (Wildman–Crippen LogP) is 2.36. The van der Waals surface area contributed by atoms with E-state index in [4.69, 9.17) is 12.4 Å². The van der Waals surface area contributed by atoms with Crippen LogP contribution >= 0.6 is 0 Å². The fourth-order valence-electron chi connectivity index (χ4n) is 2.70. The van der Waals surface area contributed by atoms with Gasteiger partial charge in [-0.15, -0.1) is 4.47 Å². The maximum atomic E-state index is 11.5. The molecule has 1 unspecified atom stereocenters. The molecule has 0 saturated carbocycles. The summed E-state index contributed by atoms with van der Waals surface area (Å²) in [7, 11) is 1.98. The third-order valence-electron chi connectivity index (χ3n) is 4.26. The zero-order valence-corrected chi connectivity index (χ0v) is 17.2. The van der Waals surface area contributed by atoms with Gasteiger partial charge in [-0.1, -0.05) is 13.8 Å². The summed E-state index contributed by atoms with van der Waals surface area (Å²) >= 11 is 4.86. The quantitative estimate of drug-likeness (QED) is 0.312. The third-order valence-corrected chi connectivity index (χ3v) is 4.49. The number of nitrogens with zero attached hydrogens (tertiary/aromatic N) is 3. The van der Waals surface area contributed by atoms with Crippen molar-refractivity contribution in [2.24, 2.45) is 4.47 Å². The number of carbonyl (C=O) groups excluding carboxylic acids is 2. The Kier molecular flexibility index (Phi) is 14.8. The van der Waals surface area contributed by atoms with Gasteiger partial charge in [0.25, 0.3) is 0 Å². The molecule has 0 saturated heterocycles. The van der Waals surface area contributed by atoms with E-state index in [1.165, 1.54) is 0 Å². The summed E-state index contributed by atoms with van der Waals surface area (Å²) in [4.78, 5) is 25.0. The summed E-state index contributed by atoms with van der Waals surface area (Å²) in [5.74, 6) is 0.489. The monoisotopic (exact) mass is 372 g/mol. The molecule has 0 rings (SSSR count). The van der Waals surface area contributed by atoms with Crippen molar-refractivity contribution >= 4 is 24.0 Å². The molecule has 0 radical (unpaired) electrons. The Morgan fingerprint density at radius 1 is 1.08 bits per heavy atom. The van der Waals surface area contributed by atoms with E-state index in [9.17, 15) is 9.59 Å². The first-order valence-corrected chi connectivity index (χ1v) is 9.83. The van der Waals surface area contributed by atoms with Gasteiger partial charge in [0.1, 0.15) is 11.6 Å². The summed E-state index contributed by atoms with van der Waals surface area (Å²) in [5.41, 5.74) is 0. The van der Waals surface area contributed by atoms with Crippen molar-refractivity contribution in [2.75, 3.05) is 39.8 Å². The molecule has 146 valence electrons. The van der Waals surface area contributed by atoms with Crippen LogP contribution in [0, 0.1) is 0 Å². The third kappa shape index (κ3) is 13.0. The fourth-order valence-corrected chi connectivity index (χ4v) is 2.86. The largest absolute Gasteiger partial charge is 0.308 e. The van der Waals surface area contributed by atoms with Crippen LogP contribution in [-0.4, -0.2) is 67.3 Å². The molecule has 0 aromatic heterocycles. The van der Waals surface area contributed by atoms with Crippen LogP contribution in [-0.2, 0) is 22.0 Å². The Balaban J connectivity index is 3.83. The van der Waals surface area contributed by atoms with Gasteiger partial charge in [0.2, 0.25) is 0 Å². The molecular weight excluding hydrogens is 336 g/mol. The Hall–Kier alpha value is -0.920. The molecule has 7 heteroatoms. The van der Waals surface area contributed by atoms with Gasteiger partial charge in [0.05, 0.1) is 25.0 Å². The average Bonchev–Trinajstić information content (AvgIpc) is 2.58. The van der Waals surface area contributed by atoms with Crippen molar-refractivity contribution < 1.29 is 9.59 Å². The second-order valence-corrected chi connectivity index (χ2v) is 6.75. The van der Waals surface area contributed by atoms with E-state index in [0.717, 1.165) is 58.3 Å². The predicted molar refractivity (Wildman–Crippen MR) is 105 cm³/mol. The van der Waals surface area contributed by atoms with E-state index < -0.39 is 0 Å². The molecule has 0 aliphatic rings. The minimum absolute atomic E-state index is 0.0275. The van der Waals surface area contributed by atoms with Crippen molar-refractivity contribution in [3.63, 3.8) is 0 Å². The molecule has 0 aliphatic heterocycles. The average molecular weight is 373 g/mol. The maximum absolute atomic E-state index is 11.5. The van der Waals surface area contributed by atoms with Crippen molar-refractivity contribution in [1.29, 1.82) is 0 Å². The molecule has 1 atom stereocenters. The number of Topliss-reactive ketones (excluding diaryl/α,β-unsaturated/α-hetero) is 2. The number of hydrogen-bond acceptors (Lipinski definition) is 6. The zero-order valence-electron chi connectivity index (χ0n) is 16.4. The molecular formula is C18H36N4O2S. The Morgan fingerprint density at radius 2 is 1.68 bits per heavy atom. The molecule has 0 aliphatic carbocycles. The SMILES string of the molecule is CCNC(CCCCN(CCCCN(C)CC(=O)CC)N=S)C(C)=O. The highest BCUT2D eigenvalue weighted by molar-refractivity contribution is 7.47. The molecule has 0 aromatic carbocycles. The van der Waals surface area contributed by atoms with Crippen LogP contribution < -0.4 is 5.32 Å². The second kappa shape index (κ2) is 15.3. The standard InChI is InChI=1S/C18H36N4O2S/c1-5-17(24)15-21(4)12-9-10-14-22(20-25)13-8-7-11-18(16(3)23)19-6-2/h18-19H,5-15H2,1-4H3. The number of ketones is 2. The maximum Gasteiger partial charge on any atom is 0.146 e.